The van der Waals surface area contributed by atoms with Crippen molar-refractivity contribution < 1.29 is 9.66 Å². The maximum Gasteiger partial charge on any atom is 0.269 e. The highest BCUT2D eigenvalue weighted by molar-refractivity contribution is 5.37. The van der Waals surface area contributed by atoms with E-state index in [4.69, 9.17) is 10.5 Å². The molecule has 0 aliphatic heterocycles. The zero-order valence-corrected chi connectivity index (χ0v) is 11.9. The Balaban J connectivity index is 2.13. The number of nitrogens with two attached hydrogens (primary N) is 1. The Bertz CT molecular complexity index is 628. The number of ether oxygens (including phenoxy) is 1. The Kier molecular flexibility index (Phi) is 4.90. The molecule has 0 aliphatic carbocycles. The molecule has 0 radical (unpaired) electrons. The lowest BCUT2D eigenvalue weighted by Crippen LogP contribution is -2.10. The molecule has 2 N–H and O–H groups in total. The molecule has 0 unspecified atom stereocenters. The summed E-state index contributed by atoms with van der Waals surface area (Å²) < 4.78 is 5.78. The number of hydrogen-bond acceptors (Lipinski definition) is 4. The Morgan fingerprint density at radius 3 is 2.71 bits per heavy atom. The average molecular weight is 286 g/mol. The number of nitrogens with zero attached hydrogens (tertiary/aromatic N) is 1. The van der Waals surface area contributed by atoms with Crippen LogP contribution in [0.3, 0.4) is 0 Å². The van der Waals surface area contributed by atoms with E-state index in [0.29, 0.717) is 0 Å². The van der Waals surface area contributed by atoms with Gasteiger partial charge in [0, 0.05) is 23.7 Å². The molecule has 0 spiro atoms. The molecule has 2 rings (SSSR count). The predicted octanol–water partition coefficient (Wildman–Crippen LogP) is 3.58. The van der Waals surface area contributed by atoms with E-state index in [-0.39, 0.29) is 18.3 Å². The van der Waals surface area contributed by atoms with Crippen molar-refractivity contribution in [2.24, 2.45) is 5.73 Å². The van der Waals surface area contributed by atoms with Gasteiger partial charge in [0.15, 0.2) is 0 Å². The summed E-state index contributed by atoms with van der Waals surface area (Å²) in [7, 11) is 0. The second-order valence-electron chi connectivity index (χ2n) is 4.77. The SMILES string of the molecule is CC[C@H](N)c1ccccc1OCc1cccc([N+](=O)[O-])c1. The van der Waals surface area contributed by atoms with Crippen molar-refractivity contribution in [2.45, 2.75) is 26.0 Å². The number of para-hydroxylation sites is 1. The van der Waals surface area contributed by atoms with Crippen LogP contribution in [-0.2, 0) is 6.61 Å². The van der Waals surface area contributed by atoms with Crippen LogP contribution < -0.4 is 10.5 Å². The fraction of sp³-hybridized carbons (Fsp3) is 0.250. The minimum Gasteiger partial charge on any atom is -0.489 e. The smallest absolute Gasteiger partial charge is 0.269 e. The molecule has 0 heterocycles. The van der Waals surface area contributed by atoms with Crippen molar-refractivity contribution in [2.75, 3.05) is 0 Å². The quantitative estimate of drug-likeness (QED) is 0.650. The maximum absolute atomic E-state index is 10.8. The van der Waals surface area contributed by atoms with Gasteiger partial charge < -0.3 is 10.5 Å². The molecule has 110 valence electrons. The van der Waals surface area contributed by atoms with Crippen molar-refractivity contribution in [3.63, 3.8) is 0 Å². The lowest BCUT2D eigenvalue weighted by atomic mass is 10.0. The number of non-ortho nitro benzene ring substituents is 1. The van der Waals surface area contributed by atoms with Gasteiger partial charge in [0.05, 0.1) is 4.92 Å². The van der Waals surface area contributed by atoms with Gasteiger partial charge >= 0.3 is 0 Å². The first-order valence-electron chi connectivity index (χ1n) is 6.82. The molecule has 0 saturated heterocycles. The molecule has 2 aromatic carbocycles. The van der Waals surface area contributed by atoms with Gasteiger partial charge in [0.1, 0.15) is 12.4 Å². The second kappa shape index (κ2) is 6.85. The molecule has 0 saturated carbocycles. The topological polar surface area (TPSA) is 78.4 Å². The molecular formula is C16H18N2O3. The average Bonchev–Trinajstić information content (AvgIpc) is 2.52. The molecule has 1 atom stereocenters. The van der Waals surface area contributed by atoms with Gasteiger partial charge in [-0.15, -0.1) is 0 Å². The lowest BCUT2D eigenvalue weighted by Gasteiger charge is -2.15. The number of rotatable bonds is 6. The van der Waals surface area contributed by atoms with Gasteiger partial charge in [-0.2, -0.15) is 0 Å². The summed E-state index contributed by atoms with van der Waals surface area (Å²) in [5.74, 6) is 0.721. The minimum atomic E-state index is -0.412. The normalized spacial score (nSPS) is 11.9. The van der Waals surface area contributed by atoms with Crippen molar-refractivity contribution >= 4 is 5.69 Å². The Morgan fingerprint density at radius 1 is 1.24 bits per heavy atom. The van der Waals surface area contributed by atoms with E-state index < -0.39 is 4.92 Å². The predicted molar refractivity (Wildman–Crippen MR) is 81.1 cm³/mol. The Morgan fingerprint density at radius 2 is 2.00 bits per heavy atom. The third kappa shape index (κ3) is 3.79. The number of nitro benzene ring substituents is 1. The van der Waals surface area contributed by atoms with Crippen LogP contribution in [0.15, 0.2) is 48.5 Å². The molecule has 0 aromatic heterocycles. The van der Waals surface area contributed by atoms with Crippen LogP contribution in [0.2, 0.25) is 0 Å². The number of hydrogen-bond donors (Lipinski definition) is 1. The van der Waals surface area contributed by atoms with Crippen LogP contribution in [0.1, 0.15) is 30.5 Å². The van der Waals surface area contributed by atoms with E-state index >= 15 is 0 Å². The van der Waals surface area contributed by atoms with E-state index in [1.54, 1.807) is 12.1 Å². The van der Waals surface area contributed by atoms with Gasteiger partial charge in [-0.05, 0) is 18.1 Å². The third-order valence-corrected chi connectivity index (χ3v) is 3.27. The van der Waals surface area contributed by atoms with Crippen LogP contribution in [0.4, 0.5) is 5.69 Å². The van der Waals surface area contributed by atoms with Gasteiger partial charge in [-0.1, -0.05) is 37.3 Å². The van der Waals surface area contributed by atoms with Gasteiger partial charge in [0.25, 0.3) is 5.69 Å². The lowest BCUT2D eigenvalue weighted by molar-refractivity contribution is -0.384. The van der Waals surface area contributed by atoms with Crippen LogP contribution in [0, 0.1) is 10.1 Å². The largest absolute Gasteiger partial charge is 0.489 e. The molecule has 0 bridgehead atoms. The molecule has 21 heavy (non-hydrogen) atoms. The van der Waals surface area contributed by atoms with Crippen molar-refractivity contribution in [3.8, 4) is 5.75 Å². The van der Waals surface area contributed by atoms with E-state index in [9.17, 15) is 10.1 Å². The van der Waals surface area contributed by atoms with E-state index in [1.165, 1.54) is 12.1 Å². The summed E-state index contributed by atoms with van der Waals surface area (Å²) in [6.45, 7) is 2.29. The van der Waals surface area contributed by atoms with Crippen molar-refractivity contribution in [3.05, 3.63) is 69.8 Å². The molecule has 2 aromatic rings. The monoisotopic (exact) mass is 286 g/mol. The highest BCUT2D eigenvalue weighted by Crippen LogP contribution is 2.26. The zero-order valence-electron chi connectivity index (χ0n) is 11.9. The summed E-state index contributed by atoms with van der Waals surface area (Å²) in [5, 5.41) is 10.8. The van der Waals surface area contributed by atoms with Crippen molar-refractivity contribution in [1.82, 2.24) is 0 Å². The van der Waals surface area contributed by atoms with E-state index in [0.717, 1.165) is 23.3 Å². The summed E-state index contributed by atoms with van der Waals surface area (Å²) >= 11 is 0. The van der Waals surface area contributed by atoms with Gasteiger partial charge in [0.2, 0.25) is 0 Å². The summed E-state index contributed by atoms with van der Waals surface area (Å²) in [6.07, 6.45) is 0.817. The molecule has 5 heteroatoms. The molecule has 5 nitrogen and oxygen atoms in total. The first-order chi connectivity index (χ1) is 10.1. The maximum atomic E-state index is 10.8. The zero-order chi connectivity index (χ0) is 15.2. The molecule has 0 aliphatic rings. The summed E-state index contributed by atoms with van der Waals surface area (Å²) in [4.78, 5) is 10.3. The van der Waals surface area contributed by atoms with E-state index in [1.807, 2.05) is 31.2 Å². The minimum absolute atomic E-state index is 0.0645. The van der Waals surface area contributed by atoms with Crippen LogP contribution >= 0.6 is 0 Å². The van der Waals surface area contributed by atoms with E-state index in [2.05, 4.69) is 0 Å². The Hall–Kier alpha value is -2.40. The van der Waals surface area contributed by atoms with Crippen LogP contribution in [-0.4, -0.2) is 4.92 Å². The first kappa shape index (κ1) is 15.0. The molecule has 0 fully saturated rings. The highest BCUT2D eigenvalue weighted by atomic mass is 16.6. The standard InChI is InChI=1S/C16H18N2O3/c1-2-15(17)14-8-3-4-9-16(14)21-11-12-6-5-7-13(10-12)18(19)20/h3-10,15H,2,11,17H2,1H3/t15-/m0/s1. The van der Waals surface area contributed by atoms with Crippen molar-refractivity contribution in [1.29, 1.82) is 0 Å². The third-order valence-electron chi connectivity index (χ3n) is 3.27. The second-order valence-corrected chi connectivity index (χ2v) is 4.77. The van der Waals surface area contributed by atoms with Gasteiger partial charge in [-0.25, -0.2) is 0 Å². The fourth-order valence-electron chi connectivity index (χ4n) is 2.06. The summed E-state index contributed by atoms with van der Waals surface area (Å²) in [5.41, 5.74) is 7.83. The highest BCUT2D eigenvalue weighted by Gasteiger charge is 2.11. The summed E-state index contributed by atoms with van der Waals surface area (Å²) in [6, 6.07) is 14.0. The molecule has 0 amide bonds. The van der Waals surface area contributed by atoms with Gasteiger partial charge in [-0.3, -0.25) is 10.1 Å². The van der Waals surface area contributed by atoms with Crippen LogP contribution in [0.25, 0.3) is 0 Å². The fourth-order valence-corrected chi connectivity index (χ4v) is 2.06. The molecular weight excluding hydrogens is 268 g/mol. The number of nitro groups is 1. The Labute approximate surface area is 123 Å². The number of benzene rings is 2. The first-order valence-corrected chi connectivity index (χ1v) is 6.82. The van der Waals surface area contributed by atoms with Crippen LogP contribution in [0.5, 0.6) is 5.75 Å².